The third kappa shape index (κ3) is 11.0. The van der Waals surface area contributed by atoms with Crippen molar-refractivity contribution in [3.8, 4) is 78.1 Å². The first kappa shape index (κ1) is 67.8. The summed E-state index contributed by atoms with van der Waals surface area (Å²) in [5.41, 5.74) is 37.0. The molecule has 0 N–H and O–H groups in total. The van der Waals surface area contributed by atoms with Gasteiger partial charge < -0.3 is 23.4 Å². The van der Waals surface area contributed by atoms with Gasteiger partial charge in [0, 0.05) is 94.0 Å². The van der Waals surface area contributed by atoms with Crippen LogP contribution >= 0.6 is 0 Å². The van der Waals surface area contributed by atoms with Crippen molar-refractivity contribution in [1.82, 2.24) is 9.13 Å². The molecule has 0 saturated heterocycles. The molecule has 542 valence electrons. The van der Waals surface area contributed by atoms with Crippen LogP contribution in [0, 0.1) is 6.92 Å². The Hall–Kier alpha value is -14.3. The van der Waals surface area contributed by atoms with Crippen molar-refractivity contribution in [1.29, 1.82) is 0 Å². The molecule has 0 saturated carbocycles. The van der Waals surface area contributed by atoms with Crippen molar-refractivity contribution in [2.45, 2.75) is 45.4 Å². The molecule has 17 aromatic carbocycles. The van der Waals surface area contributed by atoms with E-state index in [1.165, 1.54) is 133 Å². The lowest BCUT2D eigenvalue weighted by Gasteiger charge is -2.29. The summed E-state index contributed by atoms with van der Waals surface area (Å²) in [6.07, 6.45) is 0. The Morgan fingerprint density at radius 2 is 0.570 bits per heavy atom. The largest absolute Gasteiger partial charge is 0.455 e. The standard InChI is InChI=1S/C63H44N2O.C46H36N2/c1-63(2)54-23-9-6-18-52(54)61-55(63)24-14-27-58(61)64(46-37-33-42(34-38-46)41-29-31-44(32-30-41)49-21-12-22-51-50-17-8-11-28-59(50)66-62(49)51)47-39-35-43(36-40-47)48-20-13-26-57-60(48)53-19-7-10-25-56(53)65(57)45-15-4-3-5-16-45;1-31-23-27-34(28-24-31)47(43-22-12-19-40-45(43)37-15-7-9-18-39(37)46(40,2)3)35-29-25-32(26-30-35)36-17-11-21-42-44(36)38-16-8-10-20-41(38)48(42)33-13-5-4-6-14-33/h3-40H,1-2H3;4-30H,1-3H3. The molecule has 22 rings (SSSR count). The molecule has 0 amide bonds. The summed E-state index contributed by atoms with van der Waals surface area (Å²) < 4.78 is 11.2. The number of para-hydroxylation sites is 6. The van der Waals surface area contributed by atoms with Gasteiger partial charge in [0.25, 0.3) is 0 Å². The maximum atomic E-state index is 6.39. The molecule has 2 aliphatic rings. The van der Waals surface area contributed by atoms with E-state index in [0.29, 0.717) is 0 Å². The maximum Gasteiger partial charge on any atom is 0.143 e. The van der Waals surface area contributed by atoms with Crippen LogP contribution in [0.2, 0.25) is 0 Å². The number of hydrogen-bond donors (Lipinski definition) is 0. The lowest BCUT2D eigenvalue weighted by atomic mass is 9.82. The van der Waals surface area contributed by atoms with Gasteiger partial charge in [0.15, 0.2) is 0 Å². The number of anilines is 6. The third-order valence-electron chi connectivity index (χ3n) is 24.3. The van der Waals surface area contributed by atoms with Gasteiger partial charge in [-0.2, -0.15) is 0 Å². The first-order valence-corrected chi connectivity index (χ1v) is 39.6. The van der Waals surface area contributed by atoms with Crippen molar-refractivity contribution in [3.63, 3.8) is 0 Å². The van der Waals surface area contributed by atoms with Crippen LogP contribution in [0.15, 0.2) is 399 Å². The third-order valence-corrected chi connectivity index (χ3v) is 24.3. The van der Waals surface area contributed by atoms with E-state index in [1.54, 1.807) is 0 Å². The quantitative estimate of drug-likeness (QED) is 0.122. The Morgan fingerprint density at radius 1 is 0.246 bits per heavy atom. The summed E-state index contributed by atoms with van der Waals surface area (Å²) in [5.74, 6) is 0. The Kier molecular flexibility index (Phi) is 16.1. The van der Waals surface area contributed by atoms with Crippen LogP contribution < -0.4 is 9.80 Å². The van der Waals surface area contributed by atoms with E-state index in [1.807, 2.05) is 12.1 Å². The van der Waals surface area contributed by atoms with Crippen LogP contribution in [0.4, 0.5) is 34.1 Å². The minimum Gasteiger partial charge on any atom is -0.455 e. The van der Waals surface area contributed by atoms with Crippen LogP contribution in [0.5, 0.6) is 0 Å². The highest BCUT2D eigenvalue weighted by atomic mass is 16.3. The number of furan rings is 1. The van der Waals surface area contributed by atoms with E-state index >= 15 is 0 Å². The van der Waals surface area contributed by atoms with Gasteiger partial charge in [-0.25, -0.2) is 0 Å². The minimum atomic E-state index is -0.124. The molecule has 0 bridgehead atoms. The molecule has 3 aromatic heterocycles. The molecule has 3 heterocycles. The summed E-state index contributed by atoms with van der Waals surface area (Å²) >= 11 is 0. The lowest BCUT2D eigenvalue weighted by molar-refractivity contribution is 0.660. The second-order valence-corrected chi connectivity index (χ2v) is 31.5. The Bertz CT molecular complexity index is 7120. The van der Waals surface area contributed by atoms with Crippen molar-refractivity contribution < 1.29 is 4.42 Å². The highest BCUT2D eigenvalue weighted by Gasteiger charge is 2.40. The summed E-state index contributed by atoms with van der Waals surface area (Å²) in [6.45, 7) is 11.6. The average Bonchev–Trinajstić information content (AvgIpc) is 1.64. The molecular formula is C109H80N4O. The molecule has 114 heavy (non-hydrogen) atoms. The molecule has 0 unspecified atom stereocenters. The van der Waals surface area contributed by atoms with Crippen LogP contribution in [0.1, 0.15) is 55.5 Å². The fourth-order valence-electron chi connectivity index (χ4n) is 18.8. The van der Waals surface area contributed by atoms with Gasteiger partial charge in [0.05, 0.1) is 33.4 Å². The first-order chi connectivity index (χ1) is 56.0. The number of fused-ring (bicyclic) bond motifs is 15. The van der Waals surface area contributed by atoms with Gasteiger partial charge in [-0.3, -0.25) is 0 Å². The number of aryl methyl sites for hydroxylation is 1. The fourth-order valence-corrected chi connectivity index (χ4v) is 18.8. The van der Waals surface area contributed by atoms with Crippen molar-refractivity contribution >= 4 is 99.7 Å². The van der Waals surface area contributed by atoms with Crippen LogP contribution in [-0.2, 0) is 10.8 Å². The van der Waals surface area contributed by atoms with E-state index in [2.05, 4.69) is 436 Å². The predicted molar refractivity (Wildman–Crippen MR) is 480 cm³/mol. The van der Waals surface area contributed by atoms with Crippen LogP contribution in [0.25, 0.3) is 144 Å². The fraction of sp³-hybridized carbons (Fsp3) is 0.0642. The highest BCUT2D eigenvalue weighted by Crippen LogP contribution is 2.57. The molecule has 20 aromatic rings. The Balaban J connectivity index is 0.000000151. The van der Waals surface area contributed by atoms with Crippen LogP contribution in [-0.4, -0.2) is 9.13 Å². The molecule has 5 nitrogen and oxygen atoms in total. The second kappa shape index (κ2) is 27.0. The summed E-state index contributed by atoms with van der Waals surface area (Å²) in [4.78, 5) is 4.88. The smallest absolute Gasteiger partial charge is 0.143 e. The van der Waals surface area contributed by atoms with E-state index < -0.39 is 0 Å². The van der Waals surface area contributed by atoms with Crippen molar-refractivity contribution in [3.05, 3.63) is 422 Å². The van der Waals surface area contributed by atoms with Gasteiger partial charge in [-0.1, -0.05) is 312 Å². The molecule has 0 atom stereocenters. The predicted octanol–water partition coefficient (Wildman–Crippen LogP) is 30.0. The minimum absolute atomic E-state index is 0.0671. The zero-order valence-electron chi connectivity index (χ0n) is 64.2. The summed E-state index contributed by atoms with van der Waals surface area (Å²) in [7, 11) is 0. The van der Waals surface area contributed by atoms with Crippen molar-refractivity contribution in [2.24, 2.45) is 0 Å². The molecule has 2 aliphatic carbocycles. The van der Waals surface area contributed by atoms with Gasteiger partial charge in [-0.05, 0) is 195 Å². The molecule has 0 fully saturated rings. The summed E-state index contributed by atoms with van der Waals surface area (Å²) in [5, 5.41) is 7.33. The Labute approximate surface area is 664 Å². The molecule has 0 spiro atoms. The number of rotatable bonds is 12. The van der Waals surface area contributed by atoms with Gasteiger partial charge >= 0.3 is 0 Å². The van der Waals surface area contributed by atoms with E-state index in [-0.39, 0.29) is 10.8 Å². The van der Waals surface area contributed by atoms with Gasteiger partial charge in [-0.15, -0.1) is 0 Å². The highest BCUT2D eigenvalue weighted by molar-refractivity contribution is 6.18. The average molecular weight is 1460 g/mol. The van der Waals surface area contributed by atoms with E-state index in [0.717, 1.165) is 72.6 Å². The second-order valence-electron chi connectivity index (χ2n) is 31.5. The van der Waals surface area contributed by atoms with Crippen LogP contribution in [0.3, 0.4) is 0 Å². The summed E-state index contributed by atoms with van der Waals surface area (Å²) in [6, 6.07) is 144. The van der Waals surface area contributed by atoms with Gasteiger partial charge in [0.1, 0.15) is 11.2 Å². The molecule has 0 aliphatic heterocycles. The van der Waals surface area contributed by atoms with Gasteiger partial charge in [0.2, 0.25) is 0 Å². The SMILES string of the molecule is CC1(C)c2ccccc2-c2c(N(c3ccc(-c4ccc(-c5cccc6c5oc5ccccc56)cc4)cc3)c3ccc(-c4cccc5c4c4ccccc4n5-c4ccccc4)cc3)cccc21.Cc1ccc(N(c2ccc(-c3cccc4c3c3ccccc3n4-c3ccccc3)cc2)c2cccc3c2-c2ccccc2C3(C)C)cc1. The molecule has 0 radical (unpaired) electrons. The number of nitrogens with zero attached hydrogens (tertiary/aromatic N) is 4. The van der Waals surface area contributed by atoms with E-state index in [9.17, 15) is 0 Å². The zero-order chi connectivity index (χ0) is 76.3. The monoisotopic (exact) mass is 1460 g/mol. The first-order valence-electron chi connectivity index (χ1n) is 39.6. The zero-order valence-corrected chi connectivity index (χ0v) is 64.2. The maximum absolute atomic E-state index is 6.39. The van der Waals surface area contributed by atoms with Crippen molar-refractivity contribution in [2.75, 3.05) is 9.80 Å². The normalized spacial score (nSPS) is 12.9. The topological polar surface area (TPSA) is 29.5 Å². The number of benzene rings is 17. The number of aromatic nitrogens is 2. The Morgan fingerprint density at radius 3 is 1.05 bits per heavy atom. The lowest BCUT2D eigenvalue weighted by Crippen LogP contribution is -2.16. The molecular weight excluding hydrogens is 1380 g/mol. The number of hydrogen-bond acceptors (Lipinski definition) is 3. The van der Waals surface area contributed by atoms with E-state index in [4.69, 9.17) is 4.42 Å². The molecule has 5 heteroatoms.